The van der Waals surface area contributed by atoms with E-state index in [0.29, 0.717) is 16.2 Å². The minimum Gasteiger partial charge on any atom is -0.382 e. The predicted molar refractivity (Wildman–Crippen MR) is 74.6 cm³/mol. The highest BCUT2D eigenvalue weighted by Gasteiger charge is 2.15. The Hall–Kier alpha value is -1.36. The van der Waals surface area contributed by atoms with Crippen molar-refractivity contribution in [2.45, 2.75) is 20.3 Å². The molecule has 0 atom stereocenters. The zero-order valence-corrected chi connectivity index (χ0v) is 11.9. The maximum Gasteiger partial charge on any atom is 0.149 e. The summed E-state index contributed by atoms with van der Waals surface area (Å²) in [4.78, 5) is 0. The van der Waals surface area contributed by atoms with E-state index < -0.39 is 0 Å². The maximum absolute atomic E-state index is 13.6. The number of halogens is 2. The van der Waals surface area contributed by atoms with Crippen molar-refractivity contribution < 1.29 is 4.39 Å². The number of hydrogen-bond acceptors (Lipinski definition) is 2. The summed E-state index contributed by atoms with van der Waals surface area (Å²) in [6, 6.07) is 4.99. The monoisotopic (exact) mass is 311 g/mol. The number of rotatable bonds is 3. The molecule has 18 heavy (non-hydrogen) atoms. The molecule has 1 aromatic heterocycles. The Morgan fingerprint density at radius 2 is 2.17 bits per heavy atom. The molecule has 96 valence electrons. The van der Waals surface area contributed by atoms with Crippen molar-refractivity contribution in [3.8, 4) is 11.3 Å². The van der Waals surface area contributed by atoms with Gasteiger partial charge in [0.25, 0.3) is 0 Å². The molecule has 0 bridgehead atoms. The molecule has 2 rings (SSSR count). The average molecular weight is 312 g/mol. The summed E-state index contributed by atoms with van der Waals surface area (Å²) in [5.74, 6) is 0.655. The number of H-pyrrole nitrogens is 1. The number of aromatic amines is 1. The fourth-order valence-electron chi connectivity index (χ4n) is 1.88. The van der Waals surface area contributed by atoms with Crippen LogP contribution in [0.2, 0.25) is 0 Å². The van der Waals surface area contributed by atoms with Gasteiger partial charge in [-0.25, -0.2) is 4.39 Å². The largest absolute Gasteiger partial charge is 0.382 e. The van der Waals surface area contributed by atoms with E-state index in [1.54, 1.807) is 6.07 Å². The van der Waals surface area contributed by atoms with Gasteiger partial charge in [-0.05, 0) is 40.4 Å². The third-order valence-corrected chi connectivity index (χ3v) is 3.36. The van der Waals surface area contributed by atoms with Gasteiger partial charge in [0.05, 0.1) is 10.2 Å². The van der Waals surface area contributed by atoms with Crippen molar-refractivity contribution in [3.05, 3.63) is 34.1 Å². The zero-order chi connectivity index (χ0) is 13.3. The van der Waals surface area contributed by atoms with Crippen molar-refractivity contribution >= 4 is 21.7 Å². The van der Waals surface area contributed by atoms with Crippen LogP contribution in [-0.2, 0) is 6.42 Å². The first-order chi connectivity index (χ1) is 8.49. The van der Waals surface area contributed by atoms with Crippen LogP contribution in [-0.4, -0.2) is 10.2 Å². The Bertz CT molecular complexity index is 563. The summed E-state index contributed by atoms with van der Waals surface area (Å²) in [6.07, 6.45) is 0.815. The predicted octanol–water partition coefficient (Wildman–Crippen LogP) is 3.76. The van der Waals surface area contributed by atoms with Crippen molar-refractivity contribution in [3.63, 3.8) is 0 Å². The Morgan fingerprint density at radius 1 is 1.44 bits per heavy atom. The highest BCUT2D eigenvalue weighted by Crippen LogP contribution is 2.29. The minimum atomic E-state index is -0.295. The van der Waals surface area contributed by atoms with Crippen LogP contribution in [0.4, 0.5) is 10.2 Å². The molecule has 0 radical (unpaired) electrons. The van der Waals surface area contributed by atoms with Crippen LogP contribution in [0, 0.1) is 11.7 Å². The smallest absolute Gasteiger partial charge is 0.149 e. The van der Waals surface area contributed by atoms with E-state index in [2.05, 4.69) is 40.0 Å². The number of anilines is 1. The number of hydrogen-bond donors (Lipinski definition) is 2. The van der Waals surface area contributed by atoms with Crippen LogP contribution < -0.4 is 5.73 Å². The standard InChI is InChI=1S/C13H15BrFN3/c1-7(2)5-9-12(17-18-13(9)16)8-3-4-10(14)11(15)6-8/h3-4,6-7H,5H2,1-2H3,(H3,16,17,18). The van der Waals surface area contributed by atoms with E-state index in [-0.39, 0.29) is 5.82 Å². The molecule has 0 aliphatic heterocycles. The first kappa shape index (κ1) is 13.1. The third kappa shape index (κ3) is 2.56. The van der Waals surface area contributed by atoms with Gasteiger partial charge in [0.2, 0.25) is 0 Å². The van der Waals surface area contributed by atoms with E-state index in [4.69, 9.17) is 5.73 Å². The van der Waals surface area contributed by atoms with Crippen molar-refractivity contribution in [1.82, 2.24) is 10.2 Å². The summed E-state index contributed by atoms with van der Waals surface area (Å²) >= 11 is 3.14. The van der Waals surface area contributed by atoms with Gasteiger partial charge >= 0.3 is 0 Å². The molecule has 0 aliphatic carbocycles. The molecule has 0 spiro atoms. The van der Waals surface area contributed by atoms with Crippen molar-refractivity contribution in [1.29, 1.82) is 0 Å². The van der Waals surface area contributed by atoms with Gasteiger partial charge in [0.15, 0.2) is 0 Å². The Labute approximate surface area is 114 Å². The number of nitrogens with two attached hydrogens (primary N) is 1. The Balaban J connectivity index is 2.47. The van der Waals surface area contributed by atoms with Crippen LogP contribution in [0.15, 0.2) is 22.7 Å². The first-order valence-electron chi connectivity index (χ1n) is 5.77. The van der Waals surface area contributed by atoms with Crippen LogP contribution in [0.3, 0.4) is 0 Å². The molecule has 5 heteroatoms. The lowest BCUT2D eigenvalue weighted by Gasteiger charge is -2.07. The molecule has 0 unspecified atom stereocenters. The molecule has 2 aromatic rings. The molecule has 3 nitrogen and oxygen atoms in total. The second kappa shape index (κ2) is 5.10. The summed E-state index contributed by atoms with van der Waals surface area (Å²) in [7, 11) is 0. The summed E-state index contributed by atoms with van der Waals surface area (Å²) in [6.45, 7) is 4.22. The number of nitrogen functional groups attached to an aromatic ring is 1. The quantitative estimate of drug-likeness (QED) is 0.906. The lowest BCUT2D eigenvalue weighted by molar-refractivity contribution is 0.621. The zero-order valence-electron chi connectivity index (χ0n) is 10.3. The molecule has 0 saturated carbocycles. The Kier molecular flexibility index (Phi) is 3.71. The normalized spacial score (nSPS) is 11.2. The van der Waals surface area contributed by atoms with Gasteiger partial charge < -0.3 is 5.73 Å². The van der Waals surface area contributed by atoms with E-state index in [9.17, 15) is 4.39 Å². The number of aromatic nitrogens is 2. The topological polar surface area (TPSA) is 54.7 Å². The van der Waals surface area contributed by atoms with E-state index in [0.717, 1.165) is 23.2 Å². The van der Waals surface area contributed by atoms with E-state index in [1.165, 1.54) is 6.07 Å². The van der Waals surface area contributed by atoms with Crippen LogP contribution in [0.1, 0.15) is 19.4 Å². The van der Waals surface area contributed by atoms with Crippen LogP contribution in [0.5, 0.6) is 0 Å². The summed E-state index contributed by atoms with van der Waals surface area (Å²) in [5, 5.41) is 6.90. The highest BCUT2D eigenvalue weighted by atomic mass is 79.9. The molecular weight excluding hydrogens is 297 g/mol. The van der Waals surface area contributed by atoms with Crippen molar-refractivity contribution in [2.24, 2.45) is 5.92 Å². The number of benzene rings is 1. The molecule has 1 heterocycles. The lowest BCUT2D eigenvalue weighted by atomic mass is 9.99. The van der Waals surface area contributed by atoms with Crippen molar-refractivity contribution in [2.75, 3.05) is 5.73 Å². The SMILES string of the molecule is CC(C)Cc1c(N)n[nH]c1-c1ccc(Br)c(F)c1. The fourth-order valence-corrected chi connectivity index (χ4v) is 2.13. The van der Waals surface area contributed by atoms with E-state index >= 15 is 0 Å². The molecule has 0 fully saturated rings. The number of nitrogens with zero attached hydrogens (tertiary/aromatic N) is 1. The van der Waals surface area contributed by atoms with Gasteiger partial charge in [-0.2, -0.15) is 5.10 Å². The second-order valence-electron chi connectivity index (χ2n) is 4.69. The number of nitrogens with one attached hydrogen (secondary N) is 1. The molecule has 0 amide bonds. The Morgan fingerprint density at radius 3 is 2.78 bits per heavy atom. The van der Waals surface area contributed by atoms with Gasteiger partial charge in [-0.3, -0.25) is 5.10 Å². The minimum absolute atomic E-state index is 0.295. The highest BCUT2D eigenvalue weighted by molar-refractivity contribution is 9.10. The first-order valence-corrected chi connectivity index (χ1v) is 6.56. The lowest BCUT2D eigenvalue weighted by Crippen LogP contribution is -1.99. The maximum atomic E-state index is 13.6. The molecule has 0 aliphatic rings. The van der Waals surface area contributed by atoms with Gasteiger partial charge in [0, 0.05) is 11.1 Å². The molecular formula is C13H15BrFN3. The van der Waals surface area contributed by atoms with E-state index in [1.807, 2.05) is 6.07 Å². The second-order valence-corrected chi connectivity index (χ2v) is 5.54. The molecule has 1 aromatic carbocycles. The summed E-state index contributed by atoms with van der Waals surface area (Å²) < 4.78 is 14.0. The van der Waals surface area contributed by atoms with Gasteiger partial charge in [0.1, 0.15) is 11.6 Å². The molecule has 0 saturated heterocycles. The summed E-state index contributed by atoms with van der Waals surface area (Å²) in [5.41, 5.74) is 8.36. The van der Waals surface area contributed by atoms with Crippen LogP contribution in [0.25, 0.3) is 11.3 Å². The van der Waals surface area contributed by atoms with Gasteiger partial charge in [-0.1, -0.05) is 19.9 Å². The molecule has 3 N–H and O–H groups in total. The average Bonchev–Trinajstić information content (AvgIpc) is 2.64. The van der Waals surface area contributed by atoms with Gasteiger partial charge in [-0.15, -0.1) is 0 Å². The van der Waals surface area contributed by atoms with Crippen LogP contribution >= 0.6 is 15.9 Å². The fraction of sp³-hybridized carbons (Fsp3) is 0.308. The third-order valence-electron chi connectivity index (χ3n) is 2.72.